The molecule has 1 aliphatic heterocycles. The fourth-order valence-corrected chi connectivity index (χ4v) is 4.44. The van der Waals surface area contributed by atoms with Crippen molar-refractivity contribution in [2.24, 2.45) is 0 Å². The van der Waals surface area contributed by atoms with E-state index in [1.807, 2.05) is 77.7 Å². The fourth-order valence-electron chi connectivity index (χ4n) is 4.44. The minimum absolute atomic E-state index is 0.0576. The first-order chi connectivity index (χ1) is 16.6. The van der Waals surface area contributed by atoms with E-state index in [1.54, 1.807) is 12.1 Å². The van der Waals surface area contributed by atoms with E-state index in [0.29, 0.717) is 31.0 Å². The number of hydrogen-bond acceptors (Lipinski definition) is 3. The number of carbonyl (C=O) groups excluding carboxylic acids is 2. The second kappa shape index (κ2) is 11.5. The van der Waals surface area contributed by atoms with Crippen LogP contribution in [-0.2, 0) is 11.4 Å². The molecule has 0 aromatic heterocycles. The molecule has 176 valence electrons. The van der Waals surface area contributed by atoms with Gasteiger partial charge in [0.2, 0.25) is 5.91 Å². The van der Waals surface area contributed by atoms with Gasteiger partial charge in [-0.3, -0.25) is 9.59 Å². The van der Waals surface area contributed by atoms with Crippen LogP contribution < -0.4 is 10.1 Å². The van der Waals surface area contributed by atoms with E-state index in [-0.39, 0.29) is 23.8 Å². The minimum atomic E-state index is -0.106. The fraction of sp³-hybridized carbons (Fsp3) is 0.310. The van der Waals surface area contributed by atoms with Crippen molar-refractivity contribution in [2.45, 2.75) is 44.8 Å². The molecule has 0 saturated carbocycles. The smallest absolute Gasteiger partial charge is 0.251 e. The summed E-state index contributed by atoms with van der Waals surface area (Å²) < 4.78 is 5.86. The topological polar surface area (TPSA) is 58.6 Å². The average Bonchev–Trinajstić information content (AvgIpc) is 2.89. The number of ether oxygens (including phenoxy) is 1. The highest BCUT2D eigenvalue weighted by Gasteiger charge is 2.29. The van der Waals surface area contributed by atoms with Crippen LogP contribution >= 0.6 is 0 Å². The van der Waals surface area contributed by atoms with Gasteiger partial charge in [-0.1, -0.05) is 73.7 Å². The van der Waals surface area contributed by atoms with Gasteiger partial charge in [0.25, 0.3) is 5.91 Å². The van der Waals surface area contributed by atoms with Crippen molar-refractivity contribution in [3.8, 4) is 5.75 Å². The van der Waals surface area contributed by atoms with E-state index in [4.69, 9.17) is 4.74 Å². The van der Waals surface area contributed by atoms with Crippen molar-refractivity contribution >= 4 is 11.8 Å². The maximum absolute atomic E-state index is 13.1. The number of amides is 2. The molecule has 0 spiro atoms. The van der Waals surface area contributed by atoms with Crippen molar-refractivity contribution in [1.29, 1.82) is 0 Å². The van der Waals surface area contributed by atoms with Crippen LogP contribution in [0, 0.1) is 0 Å². The van der Waals surface area contributed by atoms with Crippen LogP contribution in [-0.4, -0.2) is 35.8 Å². The van der Waals surface area contributed by atoms with Crippen molar-refractivity contribution in [2.75, 3.05) is 13.1 Å². The van der Waals surface area contributed by atoms with Gasteiger partial charge in [0.15, 0.2) is 0 Å². The van der Waals surface area contributed by atoms with Gasteiger partial charge in [0, 0.05) is 24.7 Å². The number of benzene rings is 3. The lowest BCUT2D eigenvalue weighted by Crippen LogP contribution is -2.47. The molecule has 3 aromatic carbocycles. The Morgan fingerprint density at radius 1 is 0.941 bits per heavy atom. The normalized spacial score (nSPS) is 14.9. The zero-order valence-electron chi connectivity index (χ0n) is 19.7. The third kappa shape index (κ3) is 6.04. The van der Waals surface area contributed by atoms with Crippen molar-refractivity contribution in [1.82, 2.24) is 10.2 Å². The molecule has 1 aliphatic rings. The second-order valence-corrected chi connectivity index (χ2v) is 8.75. The van der Waals surface area contributed by atoms with Crippen molar-refractivity contribution in [3.63, 3.8) is 0 Å². The first kappa shape index (κ1) is 23.6. The van der Waals surface area contributed by atoms with Gasteiger partial charge < -0.3 is 15.0 Å². The summed E-state index contributed by atoms with van der Waals surface area (Å²) in [7, 11) is 0. The van der Waals surface area contributed by atoms with Crippen LogP contribution in [0.4, 0.5) is 0 Å². The maximum atomic E-state index is 13.1. The number of nitrogens with zero attached hydrogens (tertiary/aromatic N) is 1. The van der Waals surface area contributed by atoms with Gasteiger partial charge in [-0.05, 0) is 48.6 Å². The lowest BCUT2D eigenvalue weighted by molar-refractivity contribution is -0.134. The first-order valence-electron chi connectivity index (χ1n) is 12.1. The third-order valence-corrected chi connectivity index (χ3v) is 6.39. The molecular formula is C29H32N2O3. The van der Waals surface area contributed by atoms with Crippen LogP contribution in [0.2, 0.25) is 0 Å². The summed E-state index contributed by atoms with van der Waals surface area (Å²) in [5.74, 6) is 0.641. The maximum Gasteiger partial charge on any atom is 0.251 e. The number of nitrogens with one attached hydrogen (secondary N) is 1. The van der Waals surface area contributed by atoms with Gasteiger partial charge in [-0.15, -0.1) is 0 Å². The van der Waals surface area contributed by atoms with Gasteiger partial charge in [-0.25, -0.2) is 0 Å². The molecule has 2 amide bonds. The lowest BCUT2D eigenvalue weighted by Gasteiger charge is -2.34. The zero-order valence-corrected chi connectivity index (χ0v) is 19.7. The van der Waals surface area contributed by atoms with Crippen molar-refractivity contribution in [3.05, 3.63) is 102 Å². The number of likely N-dealkylation sites (tertiary alicyclic amines) is 1. The highest BCUT2D eigenvalue weighted by atomic mass is 16.5. The van der Waals surface area contributed by atoms with E-state index >= 15 is 0 Å². The van der Waals surface area contributed by atoms with Crippen molar-refractivity contribution < 1.29 is 14.3 Å². The van der Waals surface area contributed by atoms with E-state index in [0.717, 1.165) is 30.4 Å². The molecule has 3 aromatic rings. The molecular weight excluding hydrogens is 424 g/mol. The Kier molecular flexibility index (Phi) is 7.97. The zero-order chi connectivity index (χ0) is 23.8. The quantitative estimate of drug-likeness (QED) is 0.508. The summed E-state index contributed by atoms with van der Waals surface area (Å²) >= 11 is 0. The van der Waals surface area contributed by atoms with Gasteiger partial charge in [0.05, 0.1) is 5.92 Å². The van der Waals surface area contributed by atoms with E-state index in [9.17, 15) is 9.59 Å². The molecule has 4 rings (SSSR count). The van der Waals surface area contributed by atoms with E-state index in [1.165, 1.54) is 0 Å². The van der Waals surface area contributed by atoms with E-state index in [2.05, 4.69) is 12.2 Å². The summed E-state index contributed by atoms with van der Waals surface area (Å²) in [5.41, 5.74) is 2.73. The molecule has 0 bridgehead atoms. The predicted octanol–water partition coefficient (Wildman–Crippen LogP) is 5.18. The highest BCUT2D eigenvalue weighted by molar-refractivity contribution is 5.94. The largest absolute Gasteiger partial charge is 0.489 e. The van der Waals surface area contributed by atoms with Gasteiger partial charge >= 0.3 is 0 Å². The summed E-state index contributed by atoms with van der Waals surface area (Å²) in [5, 5.41) is 3.14. The summed E-state index contributed by atoms with van der Waals surface area (Å²) in [4.78, 5) is 27.9. The molecule has 1 fully saturated rings. The lowest BCUT2D eigenvalue weighted by atomic mass is 9.93. The molecule has 0 aliphatic carbocycles. The third-order valence-electron chi connectivity index (χ3n) is 6.39. The summed E-state index contributed by atoms with van der Waals surface area (Å²) in [6, 6.07) is 27.3. The number of rotatable bonds is 8. The van der Waals surface area contributed by atoms with Crippen LogP contribution in [0.1, 0.15) is 53.6 Å². The Bertz CT molecular complexity index is 1080. The highest BCUT2D eigenvalue weighted by Crippen LogP contribution is 2.24. The molecule has 1 N–H and O–H groups in total. The first-order valence-corrected chi connectivity index (χ1v) is 12.1. The minimum Gasteiger partial charge on any atom is -0.489 e. The predicted molar refractivity (Wildman–Crippen MR) is 134 cm³/mol. The Labute approximate surface area is 201 Å². The van der Waals surface area contributed by atoms with Crippen LogP contribution in [0.3, 0.4) is 0 Å². The Morgan fingerprint density at radius 2 is 1.62 bits per heavy atom. The average molecular weight is 457 g/mol. The van der Waals surface area contributed by atoms with Crippen LogP contribution in [0.5, 0.6) is 5.75 Å². The molecule has 1 unspecified atom stereocenters. The summed E-state index contributed by atoms with van der Waals surface area (Å²) in [6.07, 6.45) is 2.29. The Hall–Kier alpha value is -3.60. The molecule has 5 nitrogen and oxygen atoms in total. The molecule has 1 atom stereocenters. The second-order valence-electron chi connectivity index (χ2n) is 8.75. The molecule has 5 heteroatoms. The van der Waals surface area contributed by atoms with Crippen LogP contribution in [0.15, 0.2) is 84.9 Å². The monoisotopic (exact) mass is 456 g/mol. The number of hydrogen-bond donors (Lipinski definition) is 1. The standard InChI is InChI=1S/C29H32N2O3/c1-2-27(23-12-7-4-8-13-23)29(33)31-18-16-25(17-19-31)30-28(32)24-14-9-15-26(20-24)34-21-22-10-5-3-6-11-22/h3-15,20,25,27H,2,16-19,21H2,1H3,(H,30,32). The Balaban J connectivity index is 1.28. The number of carbonyl (C=O) groups is 2. The molecule has 0 radical (unpaired) electrons. The molecule has 1 heterocycles. The SMILES string of the molecule is CCC(C(=O)N1CCC(NC(=O)c2cccc(OCc3ccccc3)c2)CC1)c1ccccc1. The summed E-state index contributed by atoms with van der Waals surface area (Å²) in [6.45, 7) is 3.83. The van der Waals surface area contributed by atoms with E-state index < -0.39 is 0 Å². The van der Waals surface area contributed by atoms with Gasteiger partial charge in [-0.2, -0.15) is 0 Å². The van der Waals surface area contributed by atoms with Gasteiger partial charge in [0.1, 0.15) is 12.4 Å². The Morgan fingerprint density at radius 3 is 2.29 bits per heavy atom. The van der Waals surface area contributed by atoms with Crippen LogP contribution in [0.25, 0.3) is 0 Å². The molecule has 34 heavy (non-hydrogen) atoms. The molecule has 1 saturated heterocycles. The number of piperidine rings is 1.